The van der Waals surface area contributed by atoms with Gasteiger partial charge in [0.05, 0.1) is 17.9 Å². The maximum absolute atomic E-state index is 12.5. The molecule has 132 valence electrons. The molecule has 0 unspecified atom stereocenters. The van der Waals surface area contributed by atoms with Gasteiger partial charge in [-0.25, -0.2) is 4.79 Å². The van der Waals surface area contributed by atoms with Crippen LogP contribution in [0.3, 0.4) is 0 Å². The summed E-state index contributed by atoms with van der Waals surface area (Å²) in [5.41, 5.74) is 1.73. The van der Waals surface area contributed by atoms with Crippen molar-refractivity contribution in [3.8, 4) is 11.5 Å². The monoisotopic (exact) mass is 341 g/mol. The number of anilines is 2. The van der Waals surface area contributed by atoms with E-state index in [-0.39, 0.29) is 12.1 Å². The summed E-state index contributed by atoms with van der Waals surface area (Å²) in [7, 11) is 5.64. The number of likely N-dealkylation sites (N-methyl/N-ethyl adjacent to an activating group) is 1. The summed E-state index contributed by atoms with van der Waals surface area (Å²) in [6, 6.07) is 15.1. The highest BCUT2D eigenvalue weighted by molar-refractivity contribution is 5.93. The zero-order chi connectivity index (χ0) is 17.8. The SMILES string of the molecule is CN(C[C@@H]1COc2ccccc2O1)C(=O)Nc1ccccc1N(C)C. The van der Waals surface area contributed by atoms with Crippen molar-refractivity contribution in [3.63, 3.8) is 0 Å². The fraction of sp³-hybridized carbons (Fsp3) is 0.316. The van der Waals surface area contributed by atoms with E-state index in [1.54, 1.807) is 11.9 Å². The molecular weight excluding hydrogens is 318 g/mol. The quantitative estimate of drug-likeness (QED) is 0.929. The molecule has 1 atom stereocenters. The number of hydrogen-bond acceptors (Lipinski definition) is 4. The van der Waals surface area contributed by atoms with Crippen molar-refractivity contribution >= 4 is 17.4 Å². The number of rotatable bonds is 4. The lowest BCUT2D eigenvalue weighted by atomic mass is 10.2. The number of carbonyl (C=O) groups excluding carboxylic acids is 1. The highest BCUT2D eigenvalue weighted by atomic mass is 16.6. The lowest BCUT2D eigenvalue weighted by molar-refractivity contribution is 0.0731. The molecule has 6 heteroatoms. The minimum absolute atomic E-state index is 0.184. The zero-order valence-electron chi connectivity index (χ0n) is 14.7. The van der Waals surface area contributed by atoms with Crippen LogP contribution < -0.4 is 19.7 Å². The molecule has 0 fully saturated rings. The Morgan fingerprint density at radius 2 is 1.76 bits per heavy atom. The number of nitrogens with one attached hydrogen (secondary N) is 1. The van der Waals surface area contributed by atoms with E-state index in [4.69, 9.17) is 9.47 Å². The second-order valence-electron chi connectivity index (χ2n) is 6.22. The van der Waals surface area contributed by atoms with Crippen LogP contribution in [0.15, 0.2) is 48.5 Å². The predicted octanol–water partition coefficient (Wildman–Crippen LogP) is 3.06. The Bertz CT molecular complexity index is 748. The van der Waals surface area contributed by atoms with Crippen LogP contribution in [0.4, 0.5) is 16.2 Å². The summed E-state index contributed by atoms with van der Waals surface area (Å²) in [6.07, 6.45) is -0.199. The number of carbonyl (C=O) groups is 1. The third kappa shape index (κ3) is 3.96. The summed E-state index contributed by atoms with van der Waals surface area (Å²) in [6.45, 7) is 0.854. The maximum atomic E-state index is 12.5. The molecule has 0 spiro atoms. The van der Waals surface area contributed by atoms with Gasteiger partial charge in [-0.2, -0.15) is 0 Å². The highest BCUT2D eigenvalue weighted by Crippen LogP contribution is 2.31. The molecule has 0 saturated heterocycles. The molecule has 1 aliphatic rings. The van der Waals surface area contributed by atoms with Crippen LogP contribution in [-0.4, -0.2) is 51.3 Å². The molecule has 6 nitrogen and oxygen atoms in total. The largest absolute Gasteiger partial charge is 0.486 e. The van der Waals surface area contributed by atoms with Crippen LogP contribution >= 0.6 is 0 Å². The van der Waals surface area contributed by atoms with Crippen molar-refractivity contribution < 1.29 is 14.3 Å². The maximum Gasteiger partial charge on any atom is 0.321 e. The van der Waals surface area contributed by atoms with Crippen molar-refractivity contribution in [3.05, 3.63) is 48.5 Å². The smallest absolute Gasteiger partial charge is 0.321 e. The van der Waals surface area contributed by atoms with E-state index in [1.807, 2.05) is 67.5 Å². The number of para-hydroxylation sites is 4. The summed E-state index contributed by atoms with van der Waals surface area (Å²) in [4.78, 5) is 16.1. The summed E-state index contributed by atoms with van der Waals surface area (Å²) in [5.74, 6) is 1.45. The number of hydrogen-bond donors (Lipinski definition) is 1. The first-order valence-electron chi connectivity index (χ1n) is 8.21. The van der Waals surface area contributed by atoms with Gasteiger partial charge in [0.2, 0.25) is 0 Å². The van der Waals surface area contributed by atoms with E-state index < -0.39 is 0 Å². The van der Waals surface area contributed by atoms with Gasteiger partial charge in [-0.1, -0.05) is 24.3 Å². The van der Waals surface area contributed by atoms with Crippen molar-refractivity contribution in [2.45, 2.75) is 6.10 Å². The molecule has 0 radical (unpaired) electrons. The lowest BCUT2D eigenvalue weighted by Crippen LogP contribution is -2.43. The molecule has 25 heavy (non-hydrogen) atoms. The first-order valence-corrected chi connectivity index (χ1v) is 8.21. The zero-order valence-corrected chi connectivity index (χ0v) is 14.7. The third-order valence-electron chi connectivity index (χ3n) is 4.02. The second kappa shape index (κ2) is 7.34. The minimum atomic E-state index is -0.199. The Hall–Kier alpha value is -2.89. The van der Waals surface area contributed by atoms with Crippen LogP contribution in [0, 0.1) is 0 Å². The Balaban J connectivity index is 1.61. The second-order valence-corrected chi connectivity index (χ2v) is 6.22. The fourth-order valence-corrected chi connectivity index (χ4v) is 2.72. The van der Waals surface area contributed by atoms with Crippen molar-refractivity contribution in [2.24, 2.45) is 0 Å². The van der Waals surface area contributed by atoms with Crippen LogP contribution in [0.1, 0.15) is 0 Å². The average molecular weight is 341 g/mol. The van der Waals surface area contributed by atoms with E-state index in [2.05, 4.69) is 5.32 Å². The molecule has 3 rings (SSSR count). The van der Waals surface area contributed by atoms with Gasteiger partial charge in [0.1, 0.15) is 6.61 Å². The summed E-state index contributed by atoms with van der Waals surface area (Å²) < 4.78 is 11.6. The average Bonchev–Trinajstić information content (AvgIpc) is 2.61. The van der Waals surface area contributed by atoms with E-state index in [0.29, 0.717) is 18.9 Å². The number of ether oxygens (including phenoxy) is 2. The first kappa shape index (κ1) is 17.0. The molecule has 0 bridgehead atoms. The number of nitrogens with zero attached hydrogens (tertiary/aromatic N) is 2. The van der Waals surface area contributed by atoms with Gasteiger partial charge in [0.15, 0.2) is 17.6 Å². The molecule has 2 aromatic carbocycles. The Kier molecular flexibility index (Phi) is 4.97. The van der Waals surface area contributed by atoms with E-state index in [0.717, 1.165) is 17.1 Å². The topological polar surface area (TPSA) is 54.0 Å². The number of fused-ring (bicyclic) bond motifs is 1. The minimum Gasteiger partial charge on any atom is -0.486 e. The third-order valence-corrected chi connectivity index (χ3v) is 4.02. The Morgan fingerprint density at radius 1 is 1.08 bits per heavy atom. The van der Waals surface area contributed by atoms with Crippen molar-refractivity contribution in [1.82, 2.24) is 4.90 Å². The fourth-order valence-electron chi connectivity index (χ4n) is 2.72. The standard InChI is InChI=1S/C19H23N3O3/c1-21(2)16-9-5-4-8-15(16)20-19(23)22(3)12-14-13-24-17-10-6-7-11-18(17)25-14/h4-11,14H,12-13H2,1-3H3,(H,20,23)/t14-/m1/s1. The van der Waals surface area contributed by atoms with Gasteiger partial charge in [-0.15, -0.1) is 0 Å². The van der Waals surface area contributed by atoms with Gasteiger partial charge in [-0.05, 0) is 24.3 Å². The Morgan fingerprint density at radius 3 is 2.52 bits per heavy atom. The number of amides is 2. The molecule has 1 N–H and O–H groups in total. The Labute approximate surface area is 147 Å². The molecule has 1 heterocycles. The number of urea groups is 1. The normalized spacial score (nSPS) is 15.4. The molecule has 2 aromatic rings. The van der Waals surface area contributed by atoms with E-state index in [1.165, 1.54) is 0 Å². The van der Waals surface area contributed by atoms with Crippen LogP contribution in [0.2, 0.25) is 0 Å². The first-order chi connectivity index (χ1) is 12.0. The van der Waals surface area contributed by atoms with Crippen molar-refractivity contribution in [1.29, 1.82) is 0 Å². The molecule has 0 saturated carbocycles. The lowest BCUT2D eigenvalue weighted by Gasteiger charge is -2.30. The van der Waals surface area contributed by atoms with Gasteiger partial charge >= 0.3 is 6.03 Å². The van der Waals surface area contributed by atoms with E-state index in [9.17, 15) is 4.79 Å². The summed E-state index contributed by atoms with van der Waals surface area (Å²) >= 11 is 0. The molecule has 1 aliphatic heterocycles. The molecular formula is C19H23N3O3. The van der Waals surface area contributed by atoms with Gasteiger partial charge < -0.3 is 24.6 Å². The molecule has 0 aliphatic carbocycles. The highest BCUT2D eigenvalue weighted by Gasteiger charge is 2.24. The molecule has 2 amide bonds. The van der Waals surface area contributed by atoms with Gasteiger partial charge in [-0.3, -0.25) is 0 Å². The van der Waals surface area contributed by atoms with Crippen LogP contribution in [0.25, 0.3) is 0 Å². The van der Waals surface area contributed by atoms with Gasteiger partial charge in [0.25, 0.3) is 0 Å². The van der Waals surface area contributed by atoms with Crippen LogP contribution in [0.5, 0.6) is 11.5 Å². The molecule has 0 aromatic heterocycles. The van der Waals surface area contributed by atoms with Crippen molar-refractivity contribution in [2.75, 3.05) is 44.5 Å². The summed E-state index contributed by atoms with van der Waals surface area (Å²) in [5, 5.41) is 2.95. The number of benzene rings is 2. The van der Waals surface area contributed by atoms with Crippen LogP contribution in [-0.2, 0) is 0 Å². The van der Waals surface area contributed by atoms with Gasteiger partial charge in [0, 0.05) is 21.1 Å². The predicted molar refractivity (Wildman–Crippen MR) is 98.8 cm³/mol. The van der Waals surface area contributed by atoms with E-state index >= 15 is 0 Å².